The predicted molar refractivity (Wildman–Crippen MR) is 74.9 cm³/mol. The molecule has 1 unspecified atom stereocenters. The average Bonchev–Trinajstić information content (AvgIpc) is 3.15. The molecule has 2 heteroatoms. The molecule has 1 saturated heterocycles. The molecule has 19 heavy (non-hydrogen) atoms. The Labute approximate surface area is 114 Å². The third kappa shape index (κ3) is 2.38. The molecule has 1 aliphatic rings. The molecular weight excluding hydrogens is 232 g/mol. The maximum atomic E-state index is 9.12. The third-order valence-electron chi connectivity index (χ3n) is 3.97. The van der Waals surface area contributed by atoms with Gasteiger partial charge in [0.15, 0.2) is 12.6 Å². The third-order valence-corrected chi connectivity index (χ3v) is 3.97. The van der Waals surface area contributed by atoms with Crippen molar-refractivity contribution in [3.8, 4) is 6.07 Å². The molecule has 0 radical (unpaired) electrons. The molecule has 0 bridgehead atoms. The Hall–Kier alpha value is -2.11. The van der Waals surface area contributed by atoms with Crippen LogP contribution in [0.25, 0.3) is 0 Å². The molecule has 0 aliphatic carbocycles. The fourth-order valence-corrected chi connectivity index (χ4v) is 2.89. The van der Waals surface area contributed by atoms with Crippen molar-refractivity contribution in [3.05, 3.63) is 71.8 Å². The quantitative estimate of drug-likeness (QED) is 0.463. The van der Waals surface area contributed by atoms with E-state index in [0.29, 0.717) is 12.6 Å². The summed E-state index contributed by atoms with van der Waals surface area (Å²) in [6, 6.07) is 23.9. The maximum Gasteiger partial charge on any atom is 0.167 e. The van der Waals surface area contributed by atoms with Gasteiger partial charge >= 0.3 is 0 Å². The van der Waals surface area contributed by atoms with E-state index in [1.807, 2.05) is 12.1 Å². The first-order valence-corrected chi connectivity index (χ1v) is 6.66. The van der Waals surface area contributed by atoms with Gasteiger partial charge in [0.2, 0.25) is 0 Å². The summed E-state index contributed by atoms with van der Waals surface area (Å²) in [5.74, 6) is 0. The van der Waals surface area contributed by atoms with Gasteiger partial charge in [-0.05, 0) is 0 Å². The number of benzene rings is 2. The second-order valence-electron chi connectivity index (χ2n) is 5.29. The minimum Gasteiger partial charge on any atom is -0.292 e. The van der Waals surface area contributed by atoms with Crippen LogP contribution in [0.1, 0.15) is 17.2 Å². The molecule has 2 atom stereocenters. The van der Waals surface area contributed by atoms with Gasteiger partial charge in [-0.25, -0.2) is 0 Å². The fourth-order valence-electron chi connectivity index (χ4n) is 2.89. The van der Waals surface area contributed by atoms with Crippen molar-refractivity contribution in [2.75, 3.05) is 13.1 Å². The van der Waals surface area contributed by atoms with Crippen LogP contribution in [-0.4, -0.2) is 17.6 Å². The van der Waals surface area contributed by atoms with Gasteiger partial charge in [0.1, 0.15) is 19.2 Å². The Morgan fingerprint density at radius 1 is 1.00 bits per heavy atom. The molecule has 0 spiro atoms. The number of rotatable bonds is 4. The minimum atomic E-state index is 0.487. The zero-order valence-electron chi connectivity index (χ0n) is 10.9. The lowest BCUT2D eigenvalue weighted by molar-refractivity contribution is -0.823. The van der Waals surface area contributed by atoms with E-state index >= 15 is 0 Å². The van der Waals surface area contributed by atoms with E-state index in [1.54, 1.807) is 0 Å². The lowest BCUT2D eigenvalue weighted by atomic mass is 10.1. The summed E-state index contributed by atoms with van der Waals surface area (Å²) in [7, 11) is 0. The summed E-state index contributed by atoms with van der Waals surface area (Å²) in [4.78, 5) is 0. The Bertz CT molecular complexity index is 586. The van der Waals surface area contributed by atoms with E-state index in [1.165, 1.54) is 11.1 Å². The van der Waals surface area contributed by atoms with Gasteiger partial charge in [0.25, 0.3) is 0 Å². The number of hydrogen-bond acceptors (Lipinski definition) is 1. The molecule has 0 amide bonds. The molecule has 2 aromatic rings. The first kappa shape index (κ1) is 12.0. The summed E-state index contributed by atoms with van der Waals surface area (Å²) in [5.41, 5.74) is 2.67. The Morgan fingerprint density at radius 2 is 1.63 bits per heavy atom. The summed E-state index contributed by atoms with van der Waals surface area (Å²) in [6.45, 7) is 2.62. The van der Waals surface area contributed by atoms with Gasteiger partial charge in [0.05, 0.1) is 0 Å². The second-order valence-corrected chi connectivity index (χ2v) is 5.29. The highest BCUT2D eigenvalue weighted by atomic mass is 15.5. The van der Waals surface area contributed by atoms with Crippen molar-refractivity contribution in [2.24, 2.45) is 0 Å². The summed E-state index contributed by atoms with van der Waals surface area (Å²) < 4.78 is 0.879. The van der Waals surface area contributed by atoms with Gasteiger partial charge < -0.3 is 0 Å². The van der Waals surface area contributed by atoms with E-state index < -0.39 is 0 Å². The Balaban J connectivity index is 1.82. The van der Waals surface area contributed by atoms with Gasteiger partial charge in [-0.1, -0.05) is 60.7 Å². The monoisotopic (exact) mass is 249 g/mol. The lowest BCUT2D eigenvalue weighted by Crippen LogP contribution is -2.26. The highest BCUT2D eigenvalue weighted by Crippen LogP contribution is 2.45. The van der Waals surface area contributed by atoms with Crippen LogP contribution in [0.15, 0.2) is 60.7 Å². The minimum absolute atomic E-state index is 0.487. The molecule has 0 saturated carbocycles. The van der Waals surface area contributed by atoms with Crippen LogP contribution in [0.2, 0.25) is 0 Å². The van der Waals surface area contributed by atoms with Crippen LogP contribution in [0, 0.1) is 11.3 Å². The first-order chi connectivity index (χ1) is 9.34. The zero-order chi connectivity index (χ0) is 13.1. The topological polar surface area (TPSA) is 23.8 Å². The summed E-state index contributed by atoms with van der Waals surface area (Å²) >= 11 is 0. The molecular formula is C17H17N2+. The van der Waals surface area contributed by atoms with Crippen LogP contribution in [-0.2, 0) is 6.54 Å². The van der Waals surface area contributed by atoms with Crippen LogP contribution >= 0.6 is 0 Å². The summed E-state index contributed by atoms with van der Waals surface area (Å²) in [6.07, 6.45) is 0. The number of nitrogens with zero attached hydrogens (tertiary/aromatic N) is 2. The molecule has 1 heterocycles. The Kier molecular flexibility index (Phi) is 3.06. The number of hydrogen-bond donors (Lipinski definition) is 0. The van der Waals surface area contributed by atoms with Crippen molar-refractivity contribution in [1.29, 1.82) is 5.26 Å². The molecule has 94 valence electrons. The van der Waals surface area contributed by atoms with Crippen LogP contribution in [0.3, 0.4) is 0 Å². The first-order valence-electron chi connectivity index (χ1n) is 6.66. The van der Waals surface area contributed by atoms with Crippen molar-refractivity contribution in [3.63, 3.8) is 0 Å². The molecule has 2 nitrogen and oxygen atoms in total. The van der Waals surface area contributed by atoms with Crippen LogP contribution in [0.5, 0.6) is 0 Å². The summed E-state index contributed by atoms with van der Waals surface area (Å²) in [5, 5.41) is 9.12. The van der Waals surface area contributed by atoms with Crippen molar-refractivity contribution < 1.29 is 4.48 Å². The van der Waals surface area contributed by atoms with Crippen LogP contribution in [0.4, 0.5) is 0 Å². The molecule has 3 rings (SSSR count). The largest absolute Gasteiger partial charge is 0.292 e. The van der Waals surface area contributed by atoms with E-state index in [2.05, 4.69) is 54.6 Å². The van der Waals surface area contributed by atoms with Crippen molar-refractivity contribution in [1.82, 2.24) is 0 Å². The predicted octanol–water partition coefficient (Wildman–Crippen LogP) is 3.28. The Morgan fingerprint density at radius 3 is 2.26 bits per heavy atom. The van der Waals surface area contributed by atoms with E-state index in [4.69, 9.17) is 5.26 Å². The molecule has 0 aromatic heterocycles. The zero-order valence-corrected chi connectivity index (χ0v) is 10.9. The van der Waals surface area contributed by atoms with E-state index in [-0.39, 0.29) is 0 Å². The van der Waals surface area contributed by atoms with Gasteiger partial charge in [0, 0.05) is 11.1 Å². The van der Waals surface area contributed by atoms with Gasteiger partial charge in [-0.3, -0.25) is 4.48 Å². The van der Waals surface area contributed by atoms with Crippen molar-refractivity contribution in [2.45, 2.75) is 12.6 Å². The van der Waals surface area contributed by atoms with E-state index in [9.17, 15) is 0 Å². The maximum absolute atomic E-state index is 9.12. The fraction of sp³-hybridized carbons (Fsp3) is 0.235. The molecule has 2 aromatic carbocycles. The van der Waals surface area contributed by atoms with E-state index in [0.717, 1.165) is 17.6 Å². The lowest BCUT2D eigenvalue weighted by Gasteiger charge is -2.17. The SMILES string of the molecule is N#CC[N+]1(Cc2ccccc2)C[C@H]1c1ccccc1. The smallest absolute Gasteiger partial charge is 0.167 e. The highest BCUT2D eigenvalue weighted by Gasteiger charge is 2.55. The standard InChI is InChI=1S/C17H17N2/c18-11-12-19(13-15-7-3-1-4-8-15)14-17(19)16-9-5-2-6-10-16/h1-10,17H,12-14H2/q+1/t17-,19?/m0/s1. The normalized spacial score (nSPS) is 24.7. The molecule has 1 fully saturated rings. The van der Waals surface area contributed by atoms with Gasteiger partial charge in [-0.2, -0.15) is 5.26 Å². The number of quaternary nitrogens is 1. The number of nitriles is 1. The average molecular weight is 249 g/mol. The van der Waals surface area contributed by atoms with Crippen molar-refractivity contribution >= 4 is 0 Å². The highest BCUT2D eigenvalue weighted by molar-refractivity contribution is 5.21. The van der Waals surface area contributed by atoms with Crippen LogP contribution < -0.4 is 0 Å². The second kappa shape index (κ2) is 4.87. The molecule has 1 aliphatic heterocycles. The van der Waals surface area contributed by atoms with Gasteiger partial charge in [-0.15, -0.1) is 0 Å². The molecule has 0 N–H and O–H groups in total.